The van der Waals surface area contributed by atoms with Gasteiger partial charge >= 0.3 is 0 Å². The maximum absolute atomic E-state index is 13.2. The van der Waals surface area contributed by atoms with Crippen molar-refractivity contribution >= 4 is 15.9 Å². The van der Waals surface area contributed by atoms with E-state index in [1.807, 2.05) is 13.1 Å². The van der Waals surface area contributed by atoms with E-state index >= 15 is 0 Å². The van der Waals surface area contributed by atoms with Gasteiger partial charge in [0.15, 0.2) is 4.60 Å². The van der Waals surface area contributed by atoms with Crippen LogP contribution in [0.4, 0.5) is 4.39 Å². The SMILES string of the molecule is CNC(c1cccc(F)c1)c1c(Br)nnn1C. The quantitative estimate of drug-likeness (QED) is 0.943. The zero-order valence-corrected chi connectivity index (χ0v) is 11.1. The average Bonchev–Trinajstić information content (AvgIpc) is 2.62. The molecule has 0 fully saturated rings. The summed E-state index contributed by atoms with van der Waals surface area (Å²) in [6.07, 6.45) is 0. The maximum Gasteiger partial charge on any atom is 0.153 e. The van der Waals surface area contributed by atoms with Crippen LogP contribution in [0, 0.1) is 5.82 Å². The summed E-state index contributed by atoms with van der Waals surface area (Å²) in [5.41, 5.74) is 1.69. The van der Waals surface area contributed by atoms with Crippen LogP contribution in [0.1, 0.15) is 17.3 Å². The van der Waals surface area contributed by atoms with Gasteiger partial charge < -0.3 is 5.32 Å². The van der Waals surface area contributed by atoms with E-state index in [1.54, 1.807) is 17.8 Å². The Morgan fingerprint density at radius 1 is 1.47 bits per heavy atom. The monoisotopic (exact) mass is 298 g/mol. The van der Waals surface area contributed by atoms with Gasteiger partial charge in [-0.15, -0.1) is 5.10 Å². The lowest BCUT2D eigenvalue weighted by Gasteiger charge is -2.16. The number of hydrogen-bond donors (Lipinski definition) is 1. The minimum atomic E-state index is -0.256. The summed E-state index contributed by atoms with van der Waals surface area (Å²) in [6.45, 7) is 0. The van der Waals surface area contributed by atoms with Gasteiger partial charge in [-0.2, -0.15) is 0 Å². The van der Waals surface area contributed by atoms with E-state index in [0.717, 1.165) is 11.3 Å². The van der Waals surface area contributed by atoms with Gasteiger partial charge in [0.05, 0.1) is 11.7 Å². The number of aryl methyl sites for hydroxylation is 1. The normalized spacial score (nSPS) is 12.7. The standard InChI is InChI=1S/C11H12BrFN4/c1-14-9(7-4-3-5-8(13)6-7)10-11(12)15-16-17(10)2/h3-6,9,14H,1-2H3. The number of rotatable bonds is 3. The molecule has 2 rings (SSSR count). The molecule has 1 atom stereocenters. The molecular formula is C11H12BrFN4. The average molecular weight is 299 g/mol. The topological polar surface area (TPSA) is 42.7 Å². The Morgan fingerprint density at radius 3 is 2.76 bits per heavy atom. The van der Waals surface area contributed by atoms with E-state index in [1.165, 1.54) is 12.1 Å². The fraction of sp³-hybridized carbons (Fsp3) is 0.273. The molecule has 2 aromatic rings. The minimum Gasteiger partial charge on any atom is -0.308 e. The highest BCUT2D eigenvalue weighted by Crippen LogP contribution is 2.26. The van der Waals surface area contributed by atoms with Crippen molar-refractivity contribution in [2.45, 2.75) is 6.04 Å². The molecule has 0 saturated carbocycles. The summed E-state index contributed by atoms with van der Waals surface area (Å²) in [7, 11) is 3.62. The van der Waals surface area contributed by atoms with Crippen LogP contribution < -0.4 is 5.32 Å². The highest BCUT2D eigenvalue weighted by molar-refractivity contribution is 9.10. The molecule has 0 radical (unpaired) electrons. The third-order valence-corrected chi connectivity index (χ3v) is 3.14. The van der Waals surface area contributed by atoms with E-state index < -0.39 is 0 Å². The molecule has 1 N–H and O–H groups in total. The number of hydrogen-bond acceptors (Lipinski definition) is 3. The highest BCUT2D eigenvalue weighted by atomic mass is 79.9. The fourth-order valence-electron chi connectivity index (χ4n) is 1.79. The largest absolute Gasteiger partial charge is 0.308 e. The van der Waals surface area contributed by atoms with Crippen LogP contribution in [-0.2, 0) is 7.05 Å². The lowest BCUT2D eigenvalue weighted by atomic mass is 10.0. The molecule has 0 bridgehead atoms. The van der Waals surface area contributed by atoms with Gasteiger partial charge in [-0.1, -0.05) is 17.3 Å². The molecule has 1 unspecified atom stereocenters. The van der Waals surface area contributed by atoms with Gasteiger partial charge in [0.1, 0.15) is 5.82 Å². The lowest BCUT2D eigenvalue weighted by Crippen LogP contribution is -2.21. The van der Waals surface area contributed by atoms with Gasteiger partial charge in [0.2, 0.25) is 0 Å². The summed E-state index contributed by atoms with van der Waals surface area (Å²) in [5.74, 6) is -0.256. The number of nitrogens with one attached hydrogen (secondary N) is 1. The molecule has 1 aromatic carbocycles. The van der Waals surface area contributed by atoms with Crippen molar-refractivity contribution in [3.8, 4) is 0 Å². The smallest absolute Gasteiger partial charge is 0.153 e. The molecule has 4 nitrogen and oxygen atoms in total. The van der Waals surface area contributed by atoms with Gasteiger partial charge in [-0.25, -0.2) is 9.07 Å². The fourth-order valence-corrected chi connectivity index (χ4v) is 2.35. The van der Waals surface area contributed by atoms with Crippen molar-refractivity contribution in [1.82, 2.24) is 20.3 Å². The van der Waals surface area contributed by atoms with Gasteiger partial charge in [0, 0.05) is 7.05 Å². The molecule has 0 saturated heterocycles. The Bertz CT molecular complexity index is 506. The summed E-state index contributed by atoms with van der Waals surface area (Å²) < 4.78 is 15.5. The molecule has 6 heteroatoms. The minimum absolute atomic E-state index is 0.153. The van der Waals surface area contributed by atoms with Gasteiger partial charge in [0.25, 0.3) is 0 Å². The van der Waals surface area contributed by atoms with Gasteiger partial charge in [-0.3, -0.25) is 0 Å². The Balaban J connectivity index is 2.47. The number of benzene rings is 1. The molecule has 0 aliphatic carbocycles. The van der Waals surface area contributed by atoms with Crippen LogP contribution in [0.3, 0.4) is 0 Å². The van der Waals surface area contributed by atoms with Crippen molar-refractivity contribution in [3.63, 3.8) is 0 Å². The van der Waals surface area contributed by atoms with Crippen LogP contribution >= 0.6 is 15.9 Å². The van der Waals surface area contributed by atoms with Crippen LogP contribution in [0.15, 0.2) is 28.9 Å². The molecule has 0 aliphatic heterocycles. The molecule has 1 heterocycles. The van der Waals surface area contributed by atoms with E-state index in [0.29, 0.717) is 4.60 Å². The second-order valence-electron chi connectivity index (χ2n) is 3.67. The highest BCUT2D eigenvalue weighted by Gasteiger charge is 2.20. The molecule has 1 aromatic heterocycles. The Labute approximate surface area is 107 Å². The van der Waals surface area contributed by atoms with Crippen molar-refractivity contribution in [2.75, 3.05) is 7.05 Å². The van der Waals surface area contributed by atoms with Crippen LogP contribution in [0.25, 0.3) is 0 Å². The van der Waals surface area contributed by atoms with Crippen LogP contribution in [-0.4, -0.2) is 22.0 Å². The second kappa shape index (κ2) is 4.93. The zero-order valence-electron chi connectivity index (χ0n) is 9.48. The van der Waals surface area contributed by atoms with Gasteiger partial charge in [-0.05, 0) is 40.7 Å². The first kappa shape index (κ1) is 12.2. The van der Waals surface area contributed by atoms with Crippen molar-refractivity contribution in [2.24, 2.45) is 7.05 Å². The molecule has 17 heavy (non-hydrogen) atoms. The van der Waals surface area contributed by atoms with E-state index in [-0.39, 0.29) is 11.9 Å². The first-order valence-electron chi connectivity index (χ1n) is 5.11. The zero-order chi connectivity index (χ0) is 12.4. The van der Waals surface area contributed by atoms with Crippen molar-refractivity contribution in [1.29, 1.82) is 0 Å². The van der Waals surface area contributed by atoms with Crippen molar-refractivity contribution in [3.05, 3.63) is 45.9 Å². The first-order valence-corrected chi connectivity index (χ1v) is 5.90. The van der Waals surface area contributed by atoms with E-state index in [9.17, 15) is 4.39 Å². The predicted molar refractivity (Wildman–Crippen MR) is 66.0 cm³/mol. The Kier molecular flexibility index (Phi) is 3.54. The number of aromatic nitrogens is 3. The molecule has 90 valence electrons. The summed E-state index contributed by atoms with van der Waals surface area (Å²) >= 11 is 3.35. The molecule has 0 amide bonds. The Hall–Kier alpha value is -1.27. The third-order valence-electron chi connectivity index (χ3n) is 2.57. The van der Waals surface area contributed by atoms with Crippen LogP contribution in [0.5, 0.6) is 0 Å². The lowest BCUT2D eigenvalue weighted by molar-refractivity contribution is 0.585. The number of nitrogens with zero attached hydrogens (tertiary/aromatic N) is 3. The summed E-state index contributed by atoms with van der Waals surface area (Å²) in [6, 6.07) is 6.32. The summed E-state index contributed by atoms with van der Waals surface area (Å²) in [5, 5.41) is 11.0. The summed E-state index contributed by atoms with van der Waals surface area (Å²) in [4.78, 5) is 0. The van der Waals surface area contributed by atoms with Crippen molar-refractivity contribution < 1.29 is 4.39 Å². The first-order chi connectivity index (χ1) is 8.13. The van der Waals surface area contributed by atoms with Crippen LogP contribution in [0.2, 0.25) is 0 Å². The second-order valence-corrected chi connectivity index (χ2v) is 4.42. The van der Waals surface area contributed by atoms with E-state index in [4.69, 9.17) is 0 Å². The molecule has 0 aliphatic rings. The maximum atomic E-state index is 13.2. The third kappa shape index (κ3) is 2.37. The predicted octanol–water partition coefficient (Wildman–Crippen LogP) is 2.03. The number of halogens is 2. The molecular weight excluding hydrogens is 287 g/mol. The Morgan fingerprint density at radius 2 is 2.24 bits per heavy atom. The van der Waals surface area contributed by atoms with E-state index in [2.05, 4.69) is 31.6 Å². The molecule has 0 spiro atoms.